The predicted molar refractivity (Wildman–Crippen MR) is 98.5 cm³/mol. The lowest BCUT2D eigenvalue weighted by atomic mass is 9.78. The fraction of sp³-hybridized carbons (Fsp3) is 0.667. The predicted octanol–water partition coefficient (Wildman–Crippen LogP) is 2.68. The lowest BCUT2D eigenvalue weighted by Crippen LogP contribution is -2.47. The molecule has 25 heavy (non-hydrogen) atoms. The molecule has 4 rings (SSSR count). The van der Waals surface area contributed by atoms with Gasteiger partial charge < -0.3 is 14.5 Å². The first-order chi connectivity index (χ1) is 12.3. The number of nitrogens with zero attached hydrogens (tertiary/aromatic N) is 2. The van der Waals surface area contributed by atoms with Gasteiger partial charge in [-0.05, 0) is 50.8 Å². The quantitative estimate of drug-likeness (QED) is 0.843. The second-order valence-corrected chi connectivity index (χ2v) is 8.03. The monoisotopic (exact) mass is 342 g/mol. The minimum atomic E-state index is 0.132. The van der Waals surface area contributed by atoms with Crippen LogP contribution in [-0.2, 0) is 14.9 Å². The Kier molecular flexibility index (Phi) is 5.09. The van der Waals surface area contributed by atoms with E-state index in [0.29, 0.717) is 5.91 Å². The molecule has 0 radical (unpaired) electrons. The summed E-state index contributed by atoms with van der Waals surface area (Å²) in [5.41, 5.74) is 1.54. The molecule has 3 saturated heterocycles. The molecule has 1 amide bonds. The summed E-state index contributed by atoms with van der Waals surface area (Å²) in [6.45, 7) is 6.78. The average molecular weight is 342 g/mol. The van der Waals surface area contributed by atoms with E-state index in [-0.39, 0.29) is 11.3 Å². The summed E-state index contributed by atoms with van der Waals surface area (Å²) in [5.74, 6) is 0.668. The van der Waals surface area contributed by atoms with E-state index in [1.54, 1.807) is 0 Å². The summed E-state index contributed by atoms with van der Waals surface area (Å²) in [6.07, 6.45) is 5.50. The van der Waals surface area contributed by atoms with Gasteiger partial charge in [0.2, 0.25) is 5.91 Å². The zero-order valence-corrected chi connectivity index (χ0v) is 15.2. The van der Waals surface area contributed by atoms with E-state index in [1.165, 1.54) is 18.4 Å². The first-order valence-electron chi connectivity index (χ1n) is 9.91. The number of carbonyl (C=O) groups is 1. The third kappa shape index (κ3) is 3.61. The fourth-order valence-electron chi connectivity index (χ4n) is 4.80. The van der Waals surface area contributed by atoms with Crippen LogP contribution < -0.4 is 0 Å². The summed E-state index contributed by atoms with van der Waals surface area (Å²) in [7, 11) is 0. The highest BCUT2D eigenvalue weighted by Crippen LogP contribution is 2.35. The fourth-order valence-corrected chi connectivity index (χ4v) is 4.80. The third-order valence-corrected chi connectivity index (χ3v) is 6.37. The highest BCUT2D eigenvalue weighted by Gasteiger charge is 2.39. The topological polar surface area (TPSA) is 32.8 Å². The Morgan fingerprint density at radius 2 is 1.80 bits per heavy atom. The van der Waals surface area contributed by atoms with E-state index in [2.05, 4.69) is 40.1 Å². The van der Waals surface area contributed by atoms with Crippen molar-refractivity contribution >= 4 is 5.91 Å². The first kappa shape index (κ1) is 17.0. The molecule has 4 nitrogen and oxygen atoms in total. The number of hydrogen-bond donors (Lipinski definition) is 0. The molecular weight excluding hydrogens is 312 g/mol. The van der Waals surface area contributed by atoms with Crippen molar-refractivity contribution in [2.45, 2.75) is 37.5 Å². The molecule has 1 aromatic rings. The lowest BCUT2D eigenvalue weighted by Gasteiger charge is -2.39. The second-order valence-electron chi connectivity index (χ2n) is 8.03. The van der Waals surface area contributed by atoms with Gasteiger partial charge in [-0.15, -0.1) is 0 Å². The number of carbonyl (C=O) groups excluding carboxylic acids is 1. The van der Waals surface area contributed by atoms with Gasteiger partial charge in [-0.1, -0.05) is 30.3 Å². The molecule has 0 saturated carbocycles. The van der Waals surface area contributed by atoms with Crippen LogP contribution in [0.15, 0.2) is 30.3 Å². The number of amides is 1. The number of likely N-dealkylation sites (tertiary alicyclic amines) is 2. The lowest BCUT2D eigenvalue weighted by molar-refractivity contribution is -0.136. The molecule has 3 heterocycles. The van der Waals surface area contributed by atoms with Crippen LogP contribution in [0.25, 0.3) is 0 Å². The number of piperidine rings is 1. The molecule has 3 fully saturated rings. The molecule has 4 heteroatoms. The highest BCUT2D eigenvalue weighted by molar-refractivity contribution is 5.79. The van der Waals surface area contributed by atoms with Gasteiger partial charge in [0.15, 0.2) is 0 Å². The first-order valence-corrected chi connectivity index (χ1v) is 9.91. The van der Waals surface area contributed by atoms with Gasteiger partial charge in [0, 0.05) is 37.6 Å². The summed E-state index contributed by atoms with van der Waals surface area (Å²) < 4.78 is 5.80. The Bertz CT molecular complexity index is 569. The number of benzene rings is 1. The standard InChI is InChI=1S/C21H30N2O2/c24-20(23-11-4-5-12-23)18-8-13-22(14-9-18)16-21(10-15-25-17-21)19-6-2-1-3-7-19/h1-3,6-7,18H,4-5,8-17H2. The molecule has 1 aromatic carbocycles. The van der Waals surface area contributed by atoms with E-state index in [0.717, 1.165) is 65.2 Å². The van der Waals surface area contributed by atoms with Gasteiger partial charge in [0.05, 0.1) is 6.61 Å². The zero-order chi connectivity index (χ0) is 17.1. The van der Waals surface area contributed by atoms with Gasteiger partial charge in [0.1, 0.15) is 0 Å². The van der Waals surface area contributed by atoms with E-state index in [1.807, 2.05) is 0 Å². The Hall–Kier alpha value is -1.39. The van der Waals surface area contributed by atoms with Crippen molar-refractivity contribution in [1.29, 1.82) is 0 Å². The largest absolute Gasteiger partial charge is 0.380 e. The normalized spacial score (nSPS) is 28.6. The van der Waals surface area contributed by atoms with Crippen molar-refractivity contribution < 1.29 is 9.53 Å². The van der Waals surface area contributed by atoms with Crippen LogP contribution in [0.5, 0.6) is 0 Å². The van der Waals surface area contributed by atoms with Crippen molar-refractivity contribution in [3.05, 3.63) is 35.9 Å². The molecular formula is C21H30N2O2. The van der Waals surface area contributed by atoms with Crippen LogP contribution >= 0.6 is 0 Å². The Labute approximate surface area is 151 Å². The van der Waals surface area contributed by atoms with Gasteiger partial charge in [0.25, 0.3) is 0 Å². The summed E-state index contributed by atoms with van der Waals surface area (Å²) in [5, 5.41) is 0. The highest BCUT2D eigenvalue weighted by atomic mass is 16.5. The van der Waals surface area contributed by atoms with Crippen LogP contribution in [0.1, 0.15) is 37.7 Å². The van der Waals surface area contributed by atoms with Crippen LogP contribution in [0, 0.1) is 5.92 Å². The Morgan fingerprint density at radius 1 is 1.08 bits per heavy atom. The molecule has 0 aliphatic carbocycles. The van der Waals surface area contributed by atoms with Crippen LogP contribution in [0.4, 0.5) is 0 Å². The molecule has 1 unspecified atom stereocenters. The number of hydrogen-bond acceptors (Lipinski definition) is 3. The molecule has 0 N–H and O–H groups in total. The SMILES string of the molecule is O=C(C1CCN(CC2(c3ccccc3)CCOC2)CC1)N1CCCC1. The van der Waals surface area contributed by atoms with E-state index >= 15 is 0 Å². The molecule has 3 aliphatic heterocycles. The number of rotatable bonds is 4. The van der Waals surface area contributed by atoms with Gasteiger partial charge in [-0.2, -0.15) is 0 Å². The molecule has 0 bridgehead atoms. The number of ether oxygens (including phenoxy) is 1. The smallest absolute Gasteiger partial charge is 0.225 e. The van der Waals surface area contributed by atoms with Gasteiger partial charge in [-0.3, -0.25) is 4.79 Å². The summed E-state index contributed by atoms with van der Waals surface area (Å²) in [4.78, 5) is 17.3. The third-order valence-electron chi connectivity index (χ3n) is 6.37. The zero-order valence-electron chi connectivity index (χ0n) is 15.2. The minimum absolute atomic E-state index is 0.132. The molecule has 0 aromatic heterocycles. The molecule has 1 atom stereocenters. The maximum atomic E-state index is 12.6. The van der Waals surface area contributed by atoms with Crippen molar-refractivity contribution in [2.24, 2.45) is 5.92 Å². The van der Waals surface area contributed by atoms with E-state index < -0.39 is 0 Å². The maximum Gasteiger partial charge on any atom is 0.225 e. The van der Waals surface area contributed by atoms with Gasteiger partial charge >= 0.3 is 0 Å². The Morgan fingerprint density at radius 3 is 2.44 bits per heavy atom. The van der Waals surface area contributed by atoms with E-state index in [9.17, 15) is 4.79 Å². The maximum absolute atomic E-state index is 12.6. The molecule has 0 spiro atoms. The molecule has 136 valence electrons. The van der Waals surface area contributed by atoms with Crippen LogP contribution in [0.3, 0.4) is 0 Å². The van der Waals surface area contributed by atoms with Crippen molar-refractivity contribution in [1.82, 2.24) is 9.80 Å². The van der Waals surface area contributed by atoms with Crippen molar-refractivity contribution in [3.63, 3.8) is 0 Å². The van der Waals surface area contributed by atoms with E-state index in [4.69, 9.17) is 4.74 Å². The van der Waals surface area contributed by atoms with Gasteiger partial charge in [-0.25, -0.2) is 0 Å². The second kappa shape index (κ2) is 7.46. The average Bonchev–Trinajstić information content (AvgIpc) is 3.35. The summed E-state index contributed by atoms with van der Waals surface area (Å²) in [6, 6.07) is 10.9. The minimum Gasteiger partial charge on any atom is -0.380 e. The van der Waals surface area contributed by atoms with Crippen molar-refractivity contribution in [3.8, 4) is 0 Å². The van der Waals surface area contributed by atoms with Crippen molar-refractivity contribution in [2.75, 3.05) is 45.9 Å². The summed E-state index contributed by atoms with van der Waals surface area (Å²) >= 11 is 0. The molecule has 3 aliphatic rings. The van der Waals surface area contributed by atoms with Crippen LogP contribution in [-0.4, -0.2) is 61.6 Å². The Balaban J connectivity index is 1.36. The van der Waals surface area contributed by atoms with Crippen LogP contribution in [0.2, 0.25) is 0 Å².